The minimum atomic E-state index is 0.740. The van der Waals surface area contributed by atoms with Crippen LogP contribution in [0.3, 0.4) is 0 Å². The van der Waals surface area contributed by atoms with E-state index in [2.05, 4.69) is 12.2 Å². The Morgan fingerprint density at radius 3 is 2.75 bits per heavy atom. The van der Waals surface area contributed by atoms with Gasteiger partial charge in [0.15, 0.2) is 0 Å². The van der Waals surface area contributed by atoms with Crippen LogP contribution in [0.2, 0.25) is 0 Å². The van der Waals surface area contributed by atoms with Crippen molar-refractivity contribution in [2.45, 2.75) is 19.8 Å². The first kappa shape index (κ1) is 12.8. The van der Waals surface area contributed by atoms with Crippen molar-refractivity contribution in [2.24, 2.45) is 0 Å². The lowest BCUT2D eigenvalue weighted by molar-refractivity contribution is 0.306. The summed E-state index contributed by atoms with van der Waals surface area (Å²) in [6.45, 7) is 5.00. The third-order valence-electron chi connectivity index (χ3n) is 2.23. The molecule has 0 aliphatic carbocycles. The van der Waals surface area contributed by atoms with Gasteiger partial charge in [-0.05, 0) is 38.1 Å². The summed E-state index contributed by atoms with van der Waals surface area (Å²) in [4.78, 5) is 0. The topological polar surface area (TPSA) is 30.5 Å². The molecule has 0 aliphatic heterocycles. The predicted octanol–water partition coefficient (Wildman–Crippen LogP) is 2.46. The minimum Gasteiger partial charge on any atom is -0.497 e. The predicted molar refractivity (Wildman–Crippen MR) is 66.3 cm³/mol. The van der Waals surface area contributed by atoms with Crippen molar-refractivity contribution in [1.82, 2.24) is 5.32 Å². The van der Waals surface area contributed by atoms with Gasteiger partial charge in [0, 0.05) is 6.07 Å². The van der Waals surface area contributed by atoms with E-state index in [0.717, 1.165) is 37.6 Å². The van der Waals surface area contributed by atoms with Crippen LogP contribution < -0.4 is 14.8 Å². The Balaban J connectivity index is 2.16. The van der Waals surface area contributed by atoms with Gasteiger partial charge in [0.25, 0.3) is 0 Å². The molecule has 0 aromatic heterocycles. The molecule has 0 unspecified atom stereocenters. The molecule has 0 saturated carbocycles. The maximum Gasteiger partial charge on any atom is 0.122 e. The van der Waals surface area contributed by atoms with Crippen molar-refractivity contribution in [3.63, 3.8) is 0 Å². The molecule has 3 heteroatoms. The van der Waals surface area contributed by atoms with Crippen LogP contribution >= 0.6 is 0 Å². The summed E-state index contributed by atoms with van der Waals surface area (Å²) in [5.41, 5.74) is 0. The summed E-state index contributed by atoms with van der Waals surface area (Å²) in [7, 11) is 1.66. The average Bonchev–Trinajstić information content (AvgIpc) is 2.34. The first-order valence-corrected chi connectivity index (χ1v) is 5.84. The average molecular weight is 223 g/mol. The van der Waals surface area contributed by atoms with Crippen LogP contribution in [0.5, 0.6) is 11.5 Å². The minimum absolute atomic E-state index is 0.740. The van der Waals surface area contributed by atoms with Crippen LogP contribution in [-0.4, -0.2) is 26.8 Å². The molecule has 0 spiro atoms. The van der Waals surface area contributed by atoms with Gasteiger partial charge in [-0.2, -0.15) is 0 Å². The highest BCUT2D eigenvalue weighted by Gasteiger charge is 1.96. The fourth-order valence-corrected chi connectivity index (χ4v) is 1.38. The van der Waals surface area contributed by atoms with E-state index in [4.69, 9.17) is 9.47 Å². The smallest absolute Gasteiger partial charge is 0.122 e. The summed E-state index contributed by atoms with van der Waals surface area (Å²) < 4.78 is 10.7. The Labute approximate surface area is 97.8 Å². The quantitative estimate of drug-likeness (QED) is 0.687. The highest BCUT2D eigenvalue weighted by atomic mass is 16.5. The lowest BCUT2D eigenvalue weighted by Gasteiger charge is -2.07. The van der Waals surface area contributed by atoms with E-state index in [-0.39, 0.29) is 0 Å². The van der Waals surface area contributed by atoms with E-state index in [1.54, 1.807) is 7.11 Å². The van der Waals surface area contributed by atoms with E-state index in [9.17, 15) is 0 Å². The fraction of sp³-hybridized carbons (Fsp3) is 0.538. The maximum atomic E-state index is 5.61. The standard InChI is InChI=1S/C13H21NO2/c1-3-8-14-9-5-10-16-13-7-4-6-12(11-13)15-2/h4,6-7,11,14H,3,5,8-10H2,1-2H3. The zero-order chi connectivity index (χ0) is 11.6. The molecule has 3 nitrogen and oxygen atoms in total. The Morgan fingerprint density at radius 2 is 2.00 bits per heavy atom. The first-order chi connectivity index (χ1) is 7.86. The molecule has 0 bridgehead atoms. The van der Waals surface area contributed by atoms with Gasteiger partial charge >= 0.3 is 0 Å². The van der Waals surface area contributed by atoms with Gasteiger partial charge in [-0.3, -0.25) is 0 Å². The molecule has 0 atom stereocenters. The molecule has 0 saturated heterocycles. The first-order valence-electron chi connectivity index (χ1n) is 5.84. The largest absolute Gasteiger partial charge is 0.497 e. The van der Waals surface area contributed by atoms with E-state index in [1.165, 1.54) is 6.42 Å². The van der Waals surface area contributed by atoms with Crippen LogP contribution in [0.15, 0.2) is 24.3 Å². The summed E-state index contributed by atoms with van der Waals surface area (Å²) in [5, 5.41) is 3.34. The van der Waals surface area contributed by atoms with Crippen LogP contribution in [0.1, 0.15) is 19.8 Å². The van der Waals surface area contributed by atoms with Gasteiger partial charge < -0.3 is 14.8 Å². The van der Waals surface area contributed by atoms with Gasteiger partial charge in [-0.25, -0.2) is 0 Å². The zero-order valence-electron chi connectivity index (χ0n) is 10.2. The zero-order valence-corrected chi connectivity index (χ0v) is 10.2. The molecule has 0 fully saturated rings. The molecule has 1 aromatic carbocycles. The molecule has 0 amide bonds. The molecule has 0 radical (unpaired) electrons. The van der Waals surface area contributed by atoms with E-state index < -0.39 is 0 Å². The second-order valence-electron chi connectivity index (χ2n) is 3.63. The molecular weight excluding hydrogens is 202 g/mol. The Kier molecular flexibility index (Phi) is 6.42. The molecule has 0 aliphatic rings. The Bertz CT molecular complexity index is 289. The number of methoxy groups -OCH3 is 1. The van der Waals surface area contributed by atoms with Crippen molar-refractivity contribution in [1.29, 1.82) is 0 Å². The van der Waals surface area contributed by atoms with E-state index in [0.29, 0.717) is 0 Å². The third kappa shape index (κ3) is 5.03. The van der Waals surface area contributed by atoms with Crippen LogP contribution in [0, 0.1) is 0 Å². The maximum absolute atomic E-state index is 5.61. The fourth-order valence-electron chi connectivity index (χ4n) is 1.38. The highest BCUT2D eigenvalue weighted by molar-refractivity contribution is 5.32. The SMILES string of the molecule is CCCNCCCOc1cccc(OC)c1. The third-order valence-corrected chi connectivity index (χ3v) is 2.23. The van der Waals surface area contributed by atoms with E-state index >= 15 is 0 Å². The Hall–Kier alpha value is -1.22. The van der Waals surface area contributed by atoms with Crippen LogP contribution in [0.25, 0.3) is 0 Å². The van der Waals surface area contributed by atoms with E-state index in [1.807, 2.05) is 24.3 Å². The highest BCUT2D eigenvalue weighted by Crippen LogP contribution is 2.18. The normalized spacial score (nSPS) is 10.1. The number of nitrogens with one attached hydrogen (secondary N) is 1. The summed E-state index contributed by atoms with van der Waals surface area (Å²) in [5.74, 6) is 1.71. The van der Waals surface area contributed by atoms with Crippen molar-refractivity contribution in [3.8, 4) is 11.5 Å². The number of hydrogen-bond acceptors (Lipinski definition) is 3. The molecule has 16 heavy (non-hydrogen) atoms. The molecule has 0 heterocycles. The number of hydrogen-bond donors (Lipinski definition) is 1. The second-order valence-corrected chi connectivity index (χ2v) is 3.63. The van der Waals surface area contributed by atoms with Crippen molar-refractivity contribution >= 4 is 0 Å². The van der Waals surface area contributed by atoms with Gasteiger partial charge in [-0.15, -0.1) is 0 Å². The van der Waals surface area contributed by atoms with Crippen molar-refractivity contribution in [3.05, 3.63) is 24.3 Å². The van der Waals surface area contributed by atoms with Gasteiger partial charge in [0.05, 0.1) is 13.7 Å². The van der Waals surface area contributed by atoms with Gasteiger partial charge in [-0.1, -0.05) is 13.0 Å². The summed E-state index contributed by atoms with van der Waals surface area (Å²) >= 11 is 0. The molecular formula is C13H21NO2. The van der Waals surface area contributed by atoms with Crippen LogP contribution in [0.4, 0.5) is 0 Å². The van der Waals surface area contributed by atoms with Gasteiger partial charge in [0.1, 0.15) is 11.5 Å². The lowest BCUT2D eigenvalue weighted by Crippen LogP contribution is -2.18. The van der Waals surface area contributed by atoms with Crippen molar-refractivity contribution in [2.75, 3.05) is 26.8 Å². The lowest BCUT2D eigenvalue weighted by atomic mass is 10.3. The van der Waals surface area contributed by atoms with Crippen molar-refractivity contribution < 1.29 is 9.47 Å². The molecule has 1 rings (SSSR count). The molecule has 1 N–H and O–H groups in total. The van der Waals surface area contributed by atoms with Gasteiger partial charge in [0.2, 0.25) is 0 Å². The molecule has 1 aromatic rings. The molecule has 90 valence electrons. The monoisotopic (exact) mass is 223 g/mol. The summed E-state index contributed by atoms with van der Waals surface area (Å²) in [6, 6.07) is 7.70. The number of rotatable bonds is 8. The second kappa shape index (κ2) is 7.99. The number of benzene rings is 1. The Morgan fingerprint density at radius 1 is 1.19 bits per heavy atom. The number of ether oxygens (including phenoxy) is 2. The van der Waals surface area contributed by atoms with Crippen LogP contribution in [-0.2, 0) is 0 Å². The summed E-state index contributed by atoms with van der Waals surface area (Å²) in [6.07, 6.45) is 2.20.